The van der Waals surface area contributed by atoms with Crippen molar-refractivity contribution in [3.63, 3.8) is 0 Å². The molecule has 0 saturated carbocycles. The third-order valence-electron chi connectivity index (χ3n) is 3.04. The Bertz CT molecular complexity index is 309. The minimum absolute atomic E-state index is 0.493. The number of benzene rings is 1. The van der Waals surface area contributed by atoms with Crippen molar-refractivity contribution in [2.75, 3.05) is 12.3 Å². The maximum Gasteiger partial charge on any atom is 0.0346 e. The Morgan fingerprint density at radius 2 is 2.29 bits per heavy atom. The molecular formula is C12H18N2. The predicted molar refractivity (Wildman–Crippen MR) is 60.0 cm³/mol. The third-order valence-corrected chi connectivity index (χ3v) is 3.04. The Morgan fingerprint density at radius 3 is 3.00 bits per heavy atom. The van der Waals surface area contributed by atoms with Crippen LogP contribution in [0.5, 0.6) is 0 Å². The summed E-state index contributed by atoms with van der Waals surface area (Å²) < 4.78 is 0. The summed E-state index contributed by atoms with van der Waals surface area (Å²) in [5.41, 5.74) is 7.98. The molecule has 2 heteroatoms. The van der Waals surface area contributed by atoms with E-state index in [9.17, 15) is 0 Å². The number of nitrogen functional groups attached to an aromatic ring is 1. The minimum atomic E-state index is 0.493. The maximum atomic E-state index is 5.78. The van der Waals surface area contributed by atoms with Crippen molar-refractivity contribution in [1.82, 2.24) is 5.32 Å². The Hall–Kier alpha value is -1.02. The molecule has 2 atom stereocenters. The van der Waals surface area contributed by atoms with Gasteiger partial charge in [0.25, 0.3) is 0 Å². The van der Waals surface area contributed by atoms with Gasteiger partial charge in [0.1, 0.15) is 0 Å². The molecule has 1 heterocycles. The summed E-state index contributed by atoms with van der Waals surface area (Å²) in [6.45, 7) is 3.43. The quantitative estimate of drug-likeness (QED) is 0.667. The van der Waals surface area contributed by atoms with Crippen LogP contribution in [0.15, 0.2) is 24.3 Å². The van der Waals surface area contributed by atoms with E-state index < -0.39 is 0 Å². The summed E-state index contributed by atoms with van der Waals surface area (Å²) in [6, 6.07) is 8.72. The first-order valence-electron chi connectivity index (χ1n) is 5.36. The number of anilines is 1. The van der Waals surface area contributed by atoms with E-state index in [-0.39, 0.29) is 0 Å². The number of piperidine rings is 1. The highest BCUT2D eigenvalue weighted by Crippen LogP contribution is 2.29. The van der Waals surface area contributed by atoms with Gasteiger partial charge in [0.05, 0.1) is 0 Å². The van der Waals surface area contributed by atoms with Gasteiger partial charge in [-0.15, -0.1) is 0 Å². The average molecular weight is 190 g/mol. The van der Waals surface area contributed by atoms with Crippen molar-refractivity contribution < 1.29 is 0 Å². The minimum Gasteiger partial charge on any atom is -0.399 e. The van der Waals surface area contributed by atoms with Crippen LogP contribution >= 0.6 is 0 Å². The fourth-order valence-corrected chi connectivity index (χ4v) is 2.25. The normalized spacial score (nSPS) is 27.5. The van der Waals surface area contributed by atoms with E-state index in [1.165, 1.54) is 18.4 Å². The molecule has 2 unspecified atom stereocenters. The highest BCUT2D eigenvalue weighted by Gasteiger charge is 2.21. The van der Waals surface area contributed by atoms with Gasteiger partial charge in [-0.05, 0) is 43.0 Å². The molecule has 1 fully saturated rings. The van der Waals surface area contributed by atoms with E-state index in [1.54, 1.807) is 0 Å². The van der Waals surface area contributed by atoms with E-state index in [4.69, 9.17) is 5.73 Å². The number of hydrogen-bond acceptors (Lipinski definition) is 2. The second-order valence-electron chi connectivity index (χ2n) is 4.22. The first-order valence-corrected chi connectivity index (χ1v) is 5.36. The zero-order chi connectivity index (χ0) is 9.97. The van der Waals surface area contributed by atoms with Crippen molar-refractivity contribution in [2.45, 2.75) is 25.8 Å². The molecule has 0 amide bonds. The van der Waals surface area contributed by atoms with Gasteiger partial charge < -0.3 is 11.1 Å². The molecule has 2 rings (SSSR count). The van der Waals surface area contributed by atoms with Crippen molar-refractivity contribution in [1.29, 1.82) is 0 Å². The van der Waals surface area contributed by atoms with Gasteiger partial charge in [-0.3, -0.25) is 0 Å². The van der Waals surface area contributed by atoms with Crippen LogP contribution in [0.2, 0.25) is 0 Å². The third kappa shape index (κ3) is 1.90. The zero-order valence-corrected chi connectivity index (χ0v) is 8.66. The van der Waals surface area contributed by atoms with E-state index in [0.29, 0.717) is 12.0 Å². The molecule has 0 radical (unpaired) electrons. The maximum absolute atomic E-state index is 5.78. The van der Waals surface area contributed by atoms with E-state index in [2.05, 4.69) is 24.4 Å². The molecule has 0 spiro atoms. The standard InChI is InChI=1S/C12H18N2/c1-9-4-3-7-14-12(9)10-5-2-6-11(13)8-10/h2,5-6,8-9,12,14H,3-4,7,13H2,1H3. The smallest absolute Gasteiger partial charge is 0.0346 e. The fourth-order valence-electron chi connectivity index (χ4n) is 2.25. The summed E-state index contributed by atoms with van der Waals surface area (Å²) in [5, 5.41) is 3.56. The molecule has 2 nitrogen and oxygen atoms in total. The number of nitrogens with two attached hydrogens (primary N) is 1. The Balaban J connectivity index is 2.20. The van der Waals surface area contributed by atoms with Crippen molar-refractivity contribution >= 4 is 5.69 Å². The van der Waals surface area contributed by atoms with Crippen LogP contribution in [0.4, 0.5) is 5.69 Å². The lowest BCUT2D eigenvalue weighted by Gasteiger charge is -2.30. The lowest BCUT2D eigenvalue weighted by Crippen LogP contribution is -2.32. The van der Waals surface area contributed by atoms with Crippen LogP contribution in [0, 0.1) is 5.92 Å². The SMILES string of the molecule is CC1CCCNC1c1cccc(N)c1. The predicted octanol–water partition coefficient (Wildman–Crippen LogP) is 2.33. The second kappa shape index (κ2) is 4.01. The number of hydrogen-bond donors (Lipinski definition) is 2. The van der Waals surface area contributed by atoms with Crippen molar-refractivity contribution in [3.8, 4) is 0 Å². The molecule has 0 aliphatic carbocycles. The highest BCUT2D eigenvalue weighted by molar-refractivity contribution is 5.41. The first kappa shape index (κ1) is 9.53. The lowest BCUT2D eigenvalue weighted by molar-refractivity contribution is 0.306. The van der Waals surface area contributed by atoms with Crippen LogP contribution in [-0.4, -0.2) is 6.54 Å². The van der Waals surface area contributed by atoms with Crippen LogP contribution < -0.4 is 11.1 Å². The molecule has 76 valence electrons. The van der Waals surface area contributed by atoms with Crippen LogP contribution in [0.3, 0.4) is 0 Å². The van der Waals surface area contributed by atoms with E-state index in [1.807, 2.05) is 12.1 Å². The molecule has 1 aromatic carbocycles. The largest absolute Gasteiger partial charge is 0.399 e. The highest BCUT2D eigenvalue weighted by atomic mass is 14.9. The zero-order valence-electron chi connectivity index (χ0n) is 8.66. The second-order valence-corrected chi connectivity index (χ2v) is 4.22. The summed E-state index contributed by atoms with van der Waals surface area (Å²) in [6.07, 6.45) is 2.60. The van der Waals surface area contributed by atoms with Gasteiger partial charge in [-0.1, -0.05) is 19.1 Å². The fraction of sp³-hybridized carbons (Fsp3) is 0.500. The summed E-state index contributed by atoms with van der Waals surface area (Å²) in [5.74, 6) is 0.713. The summed E-state index contributed by atoms with van der Waals surface area (Å²) in [7, 11) is 0. The van der Waals surface area contributed by atoms with E-state index >= 15 is 0 Å². The summed E-state index contributed by atoms with van der Waals surface area (Å²) in [4.78, 5) is 0. The van der Waals surface area contributed by atoms with Gasteiger partial charge in [0.2, 0.25) is 0 Å². The van der Waals surface area contributed by atoms with Crippen LogP contribution in [-0.2, 0) is 0 Å². The molecule has 1 aromatic rings. The van der Waals surface area contributed by atoms with Gasteiger partial charge in [0, 0.05) is 11.7 Å². The van der Waals surface area contributed by atoms with Crippen LogP contribution in [0.1, 0.15) is 31.4 Å². The molecule has 3 N–H and O–H groups in total. The van der Waals surface area contributed by atoms with Crippen molar-refractivity contribution in [2.24, 2.45) is 5.92 Å². The first-order chi connectivity index (χ1) is 6.77. The number of nitrogens with one attached hydrogen (secondary N) is 1. The molecule has 1 aliphatic rings. The average Bonchev–Trinajstić information content (AvgIpc) is 2.18. The van der Waals surface area contributed by atoms with Crippen molar-refractivity contribution in [3.05, 3.63) is 29.8 Å². The number of rotatable bonds is 1. The van der Waals surface area contributed by atoms with E-state index in [0.717, 1.165) is 12.2 Å². The Morgan fingerprint density at radius 1 is 1.43 bits per heavy atom. The molecule has 0 bridgehead atoms. The van der Waals surface area contributed by atoms with Crippen LogP contribution in [0.25, 0.3) is 0 Å². The monoisotopic (exact) mass is 190 g/mol. The Labute approximate surface area is 85.5 Å². The summed E-state index contributed by atoms with van der Waals surface area (Å²) >= 11 is 0. The molecule has 1 saturated heterocycles. The Kier molecular flexibility index (Phi) is 2.73. The van der Waals surface area contributed by atoms with Gasteiger partial charge in [-0.2, -0.15) is 0 Å². The topological polar surface area (TPSA) is 38.0 Å². The molecular weight excluding hydrogens is 172 g/mol. The van der Waals surface area contributed by atoms with Gasteiger partial charge in [0.15, 0.2) is 0 Å². The lowest BCUT2D eigenvalue weighted by atomic mass is 9.88. The molecule has 0 aromatic heterocycles. The van der Waals surface area contributed by atoms with Gasteiger partial charge >= 0.3 is 0 Å². The molecule has 14 heavy (non-hydrogen) atoms. The molecule has 1 aliphatic heterocycles. The van der Waals surface area contributed by atoms with Gasteiger partial charge in [-0.25, -0.2) is 0 Å².